The predicted octanol–water partition coefficient (Wildman–Crippen LogP) is 6.69. The monoisotopic (exact) mass is 337 g/mol. The van der Waals surface area contributed by atoms with Gasteiger partial charge in [0.05, 0.1) is 0 Å². The number of benzene rings is 3. The number of likely N-dealkylation sites (N-methyl/N-ethyl adjacent to an activating group) is 1. The first-order valence-electron chi connectivity index (χ1n) is 9.18. The zero-order valence-electron chi connectivity index (χ0n) is 15.1. The highest BCUT2D eigenvalue weighted by Gasteiger charge is 2.07. The molecule has 0 saturated carbocycles. The van der Waals surface area contributed by atoms with Gasteiger partial charge in [-0.3, -0.25) is 0 Å². The Hall–Kier alpha value is -3.06. The molecular weight excluding hydrogens is 314 g/mol. The largest absolute Gasteiger partial charge is 0.345 e. The number of anilines is 1. The highest BCUT2D eigenvalue weighted by Crippen LogP contribution is 2.28. The van der Waals surface area contributed by atoms with Crippen LogP contribution in [0.3, 0.4) is 0 Å². The molecule has 0 unspecified atom stereocenters. The van der Waals surface area contributed by atoms with Crippen molar-refractivity contribution in [2.45, 2.75) is 12.8 Å². The van der Waals surface area contributed by atoms with E-state index >= 15 is 0 Å². The zero-order valence-corrected chi connectivity index (χ0v) is 15.1. The molecule has 1 nitrogen and oxygen atoms in total. The summed E-state index contributed by atoms with van der Waals surface area (Å²) in [6.45, 7) is 0. The first-order chi connectivity index (χ1) is 12.8. The molecule has 0 spiro atoms. The second-order valence-electron chi connectivity index (χ2n) is 6.66. The average Bonchev–Trinajstić information content (AvgIpc) is 2.75. The third kappa shape index (κ3) is 3.48. The van der Waals surface area contributed by atoms with Crippen LogP contribution in [-0.2, 0) is 0 Å². The summed E-state index contributed by atoms with van der Waals surface area (Å²) in [6.07, 6.45) is 9.03. The fourth-order valence-corrected chi connectivity index (χ4v) is 3.36. The lowest BCUT2D eigenvalue weighted by Crippen LogP contribution is -2.15. The van der Waals surface area contributed by atoms with Gasteiger partial charge in [-0.2, -0.15) is 0 Å². The summed E-state index contributed by atoms with van der Waals surface area (Å²) in [4.78, 5) is 2.25. The van der Waals surface area contributed by atoms with E-state index in [1.165, 1.54) is 33.6 Å². The van der Waals surface area contributed by atoms with Crippen molar-refractivity contribution in [2.24, 2.45) is 0 Å². The number of hydrogen-bond donors (Lipinski definition) is 0. The molecule has 26 heavy (non-hydrogen) atoms. The Morgan fingerprint density at radius 1 is 0.615 bits per heavy atom. The Bertz CT molecular complexity index is 916. The number of hydrogen-bond acceptors (Lipinski definition) is 1. The van der Waals surface area contributed by atoms with Gasteiger partial charge >= 0.3 is 0 Å². The van der Waals surface area contributed by atoms with Gasteiger partial charge in [0, 0.05) is 18.4 Å². The van der Waals surface area contributed by atoms with E-state index in [0.29, 0.717) is 0 Å². The van der Waals surface area contributed by atoms with Crippen LogP contribution in [0, 0.1) is 0 Å². The van der Waals surface area contributed by atoms with Crippen molar-refractivity contribution in [3.05, 3.63) is 103 Å². The smallest absolute Gasteiger partial charge is 0.0408 e. The van der Waals surface area contributed by atoms with Crippen molar-refractivity contribution >= 4 is 5.69 Å². The van der Waals surface area contributed by atoms with Gasteiger partial charge in [-0.25, -0.2) is 0 Å². The van der Waals surface area contributed by atoms with Crippen LogP contribution in [0.2, 0.25) is 0 Å². The molecule has 3 aromatic carbocycles. The Balaban J connectivity index is 1.53. The minimum absolute atomic E-state index is 1.13. The molecule has 4 rings (SSSR count). The fraction of sp³-hybridized carbons (Fsp3) is 0.120. The van der Waals surface area contributed by atoms with E-state index in [4.69, 9.17) is 0 Å². The van der Waals surface area contributed by atoms with Crippen LogP contribution in [0.25, 0.3) is 22.3 Å². The molecule has 0 bridgehead atoms. The normalized spacial score (nSPS) is 13.3. The van der Waals surface area contributed by atoms with E-state index in [1.807, 2.05) is 0 Å². The van der Waals surface area contributed by atoms with Crippen LogP contribution >= 0.6 is 0 Å². The van der Waals surface area contributed by atoms with Crippen LogP contribution in [0.1, 0.15) is 12.8 Å². The maximum atomic E-state index is 2.30. The van der Waals surface area contributed by atoms with Gasteiger partial charge in [-0.05, 0) is 53.3 Å². The Labute approximate surface area is 155 Å². The van der Waals surface area contributed by atoms with E-state index in [-0.39, 0.29) is 0 Å². The lowest BCUT2D eigenvalue weighted by atomic mass is 10.00. The van der Waals surface area contributed by atoms with Gasteiger partial charge in [0.2, 0.25) is 0 Å². The minimum Gasteiger partial charge on any atom is -0.345 e. The minimum atomic E-state index is 1.13. The molecule has 3 aromatic rings. The topological polar surface area (TPSA) is 3.24 Å². The van der Waals surface area contributed by atoms with Gasteiger partial charge in [0.25, 0.3) is 0 Å². The quantitative estimate of drug-likeness (QED) is 0.512. The first-order valence-corrected chi connectivity index (χ1v) is 9.18. The van der Waals surface area contributed by atoms with E-state index in [1.54, 1.807) is 0 Å². The summed E-state index contributed by atoms with van der Waals surface area (Å²) in [7, 11) is 2.13. The molecule has 1 aliphatic rings. The SMILES string of the molecule is CN(C1=CCCC=C1)c1ccc(-c2ccc(-c3ccccc3)cc2)cc1. The first kappa shape index (κ1) is 16.4. The van der Waals surface area contributed by atoms with Crippen molar-refractivity contribution < 1.29 is 0 Å². The summed E-state index contributed by atoms with van der Waals surface area (Å²) in [5.74, 6) is 0. The number of nitrogens with zero attached hydrogens (tertiary/aromatic N) is 1. The molecule has 0 amide bonds. The van der Waals surface area contributed by atoms with Gasteiger partial charge < -0.3 is 4.90 Å². The summed E-state index contributed by atoms with van der Waals surface area (Å²) >= 11 is 0. The van der Waals surface area contributed by atoms with Crippen LogP contribution < -0.4 is 4.90 Å². The van der Waals surface area contributed by atoms with Gasteiger partial charge in [-0.1, -0.05) is 78.9 Å². The zero-order chi connectivity index (χ0) is 17.8. The van der Waals surface area contributed by atoms with Gasteiger partial charge in [0.1, 0.15) is 0 Å². The number of rotatable bonds is 4. The molecule has 1 heteroatoms. The van der Waals surface area contributed by atoms with Gasteiger partial charge in [0.15, 0.2) is 0 Å². The molecule has 0 fully saturated rings. The van der Waals surface area contributed by atoms with Crippen LogP contribution in [-0.4, -0.2) is 7.05 Å². The molecule has 0 N–H and O–H groups in total. The van der Waals surface area contributed by atoms with Crippen molar-refractivity contribution in [3.8, 4) is 22.3 Å². The average molecular weight is 337 g/mol. The fourth-order valence-electron chi connectivity index (χ4n) is 3.36. The van der Waals surface area contributed by atoms with E-state index in [2.05, 4.69) is 109 Å². The molecule has 0 aliphatic heterocycles. The van der Waals surface area contributed by atoms with Crippen LogP contribution in [0.15, 0.2) is 103 Å². The lowest BCUT2D eigenvalue weighted by molar-refractivity contribution is 0.984. The van der Waals surface area contributed by atoms with Crippen molar-refractivity contribution in [3.63, 3.8) is 0 Å². The molecule has 0 atom stereocenters. The third-order valence-corrected chi connectivity index (χ3v) is 4.94. The maximum absolute atomic E-state index is 2.30. The third-order valence-electron chi connectivity index (χ3n) is 4.94. The highest BCUT2D eigenvalue weighted by molar-refractivity contribution is 5.72. The van der Waals surface area contributed by atoms with Crippen LogP contribution in [0.4, 0.5) is 5.69 Å². The standard InChI is InChI=1S/C25H23N/c1-26(24-10-6-3-7-11-24)25-18-16-23(17-19-25)22-14-12-21(13-15-22)20-8-4-2-5-9-20/h2,4-6,8-19H,3,7H2,1H3. The molecule has 1 aliphatic carbocycles. The lowest BCUT2D eigenvalue weighted by Gasteiger charge is -2.22. The predicted molar refractivity (Wildman–Crippen MR) is 112 cm³/mol. The molecule has 0 saturated heterocycles. The number of allylic oxidation sites excluding steroid dienone is 3. The van der Waals surface area contributed by atoms with Crippen molar-refractivity contribution in [1.82, 2.24) is 0 Å². The Kier molecular flexibility index (Phi) is 4.70. The summed E-state index contributed by atoms with van der Waals surface area (Å²) in [5, 5.41) is 0. The molecule has 0 radical (unpaired) electrons. The maximum Gasteiger partial charge on any atom is 0.0408 e. The summed E-state index contributed by atoms with van der Waals surface area (Å²) < 4.78 is 0. The molecular formula is C25H23N. The van der Waals surface area contributed by atoms with Gasteiger partial charge in [-0.15, -0.1) is 0 Å². The summed E-state index contributed by atoms with van der Waals surface area (Å²) in [6, 6.07) is 28.1. The van der Waals surface area contributed by atoms with Crippen LogP contribution in [0.5, 0.6) is 0 Å². The van der Waals surface area contributed by atoms with Crippen molar-refractivity contribution in [1.29, 1.82) is 0 Å². The van der Waals surface area contributed by atoms with E-state index in [9.17, 15) is 0 Å². The second-order valence-corrected chi connectivity index (χ2v) is 6.66. The molecule has 0 heterocycles. The second kappa shape index (κ2) is 7.45. The Morgan fingerprint density at radius 3 is 1.69 bits per heavy atom. The van der Waals surface area contributed by atoms with Crippen molar-refractivity contribution in [2.75, 3.05) is 11.9 Å². The molecule has 0 aromatic heterocycles. The molecule has 128 valence electrons. The van der Waals surface area contributed by atoms with E-state index in [0.717, 1.165) is 12.8 Å². The van der Waals surface area contributed by atoms with E-state index < -0.39 is 0 Å². The Morgan fingerprint density at radius 2 is 1.15 bits per heavy atom. The summed E-state index contributed by atoms with van der Waals surface area (Å²) in [5.41, 5.74) is 7.49. The highest BCUT2D eigenvalue weighted by atomic mass is 15.1.